The first-order valence-electron chi connectivity index (χ1n) is 24.4. The summed E-state index contributed by atoms with van der Waals surface area (Å²) in [4.78, 5) is 24.4. The Balaban J connectivity index is 3.45. The first-order chi connectivity index (χ1) is 27.1. The summed E-state index contributed by atoms with van der Waals surface area (Å²) in [5, 5.41) is 9.60. The number of ether oxygens (including phenoxy) is 2. The first-order valence-corrected chi connectivity index (χ1v) is 24.4. The molecule has 0 aliphatic carbocycles. The topological polar surface area (TPSA) is 72.8 Å². The summed E-state index contributed by atoms with van der Waals surface area (Å²) < 4.78 is 10.7. The van der Waals surface area contributed by atoms with Gasteiger partial charge < -0.3 is 14.6 Å². The Labute approximate surface area is 343 Å². The minimum atomic E-state index is -0.766. The molecule has 5 nitrogen and oxygen atoms in total. The van der Waals surface area contributed by atoms with E-state index in [4.69, 9.17) is 9.47 Å². The number of aliphatic hydroxyl groups excluding tert-OH is 1. The molecule has 0 heterocycles. The van der Waals surface area contributed by atoms with Gasteiger partial charge in [-0.05, 0) is 44.9 Å². The molecule has 0 rings (SSSR count). The van der Waals surface area contributed by atoms with Gasteiger partial charge in [-0.1, -0.05) is 231 Å². The lowest BCUT2D eigenvalue weighted by atomic mass is 10.0. The number of rotatable bonds is 45. The maximum atomic E-state index is 12.2. The van der Waals surface area contributed by atoms with Crippen molar-refractivity contribution in [1.29, 1.82) is 0 Å². The normalized spacial score (nSPS) is 12.3. The predicted octanol–water partition coefficient (Wildman–Crippen LogP) is 15.8. The minimum Gasteiger partial charge on any atom is -0.462 e. The van der Waals surface area contributed by atoms with Crippen LogP contribution in [0.1, 0.15) is 264 Å². The highest BCUT2D eigenvalue weighted by Gasteiger charge is 2.16. The van der Waals surface area contributed by atoms with E-state index in [2.05, 4.69) is 38.2 Å². The van der Waals surface area contributed by atoms with Gasteiger partial charge >= 0.3 is 11.9 Å². The van der Waals surface area contributed by atoms with Crippen LogP contribution < -0.4 is 0 Å². The number of unbranched alkanes of at least 4 members (excludes halogenated alkanes) is 33. The Bertz CT molecular complexity index is 836. The highest BCUT2D eigenvalue weighted by Crippen LogP contribution is 2.16. The second kappa shape index (κ2) is 46.8. The lowest BCUT2D eigenvalue weighted by molar-refractivity contribution is -0.161. The van der Waals surface area contributed by atoms with E-state index in [0.29, 0.717) is 12.8 Å². The highest BCUT2D eigenvalue weighted by atomic mass is 16.6. The van der Waals surface area contributed by atoms with E-state index in [1.54, 1.807) is 0 Å². The number of carbonyl (C=O) groups is 2. The molecule has 0 saturated carbocycles. The molecule has 0 aromatic heterocycles. The summed E-state index contributed by atoms with van der Waals surface area (Å²) in [6, 6.07) is 0. The number of allylic oxidation sites excluding steroid dienone is 4. The van der Waals surface area contributed by atoms with Gasteiger partial charge in [-0.2, -0.15) is 0 Å². The fraction of sp³-hybridized carbons (Fsp3) is 0.880. The van der Waals surface area contributed by atoms with Gasteiger partial charge in [-0.25, -0.2) is 0 Å². The van der Waals surface area contributed by atoms with Crippen LogP contribution in [0.15, 0.2) is 24.3 Å². The highest BCUT2D eigenvalue weighted by molar-refractivity contribution is 5.70. The van der Waals surface area contributed by atoms with E-state index in [9.17, 15) is 14.7 Å². The fourth-order valence-electron chi connectivity index (χ4n) is 7.29. The Hall–Kier alpha value is -1.62. The van der Waals surface area contributed by atoms with Crippen molar-refractivity contribution in [1.82, 2.24) is 0 Å². The van der Waals surface area contributed by atoms with Crippen LogP contribution in [0.4, 0.5) is 0 Å². The van der Waals surface area contributed by atoms with E-state index in [1.807, 2.05) is 0 Å². The molecule has 1 atom stereocenters. The Kier molecular flexibility index (Phi) is 45.4. The first kappa shape index (κ1) is 53.4. The number of hydrogen-bond acceptors (Lipinski definition) is 5. The number of carbonyl (C=O) groups excluding carboxylic acids is 2. The molecule has 0 spiro atoms. The van der Waals surface area contributed by atoms with Gasteiger partial charge in [-0.15, -0.1) is 0 Å². The molecule has 324 valence electrons. The Morgan fingerprint density at radius 1 is 0.418 bits per heavy atom. The van der Waals surface area contributed by atoms with Gasteiger partial charge in [0.05, 0.1) is 6.61 Å². The number of aliphatic hydroxyl groups is 1. The van der Waals surface area contributed by atoms with Crippen LogP contribution in [-0.4, -0.2) is 36.4 Å². The standard InChI is InChI=1S/C50H94O5/c1-3-5-7-9-11-13-15-17-19-20-21-22-23-24-25-26-27-28-29-30-31-33-35-37-39-41-43-45-50(53)55-48(46-51)47-54-49(52)44-42-40-38-36-34-32-18-16-14-12-10-8-6-4-2/h15,17,20-21,48,51H,3-14,16,18-19,22-47H2,1-2H3/b17-15-,21-20-. The molecule has 0 amide bonds. The summed E-state index contributed by atoms with van der Waals surface area (Å²) in [7, 11) is 0. The fourth-order valence-corrected chi connectivity index (χ4v) is 7.29. The van der Waals surface area contributed by atoms with E-state index < -0.39 is 6.10 Å². The van der Waals surface area contributed by atoms with Gasteiger partial charge in [0.15, 0.2) is 6.10 Å². The Morgan fingerprint density at radius 3 is 1.07 bits per heavy atom. The van der Waals surface area contributed by atoms with E-state index >= 15 is 0 Å². The van der Waals surface area contributed by atoms with Crippen LogP contribution in [0.25, 0.3) is 0 Å². The molecule has 55 heavy (non-hydrogen) atoms. The van der Waals surface area contributed by atoms with E-state index in [0.717, 1.165) is 38.5 Å². The molecule has 0 aliphatic heterocycles. The third-order valence-electron chi connectivity index (χ3n) is 11.0. The second-order valence-electron chi connectivity index (χ2n) is 16.5. The zero-order chi connectivity index (χ0) is 40.0. The van der Waals surface area contributed by atoms with Crippen LogP contribution in [0.3, 0.4) is 0 Å². The molecule has 1 N–H and O–H groups in total. The summed E-state index contributed by atoms with van der Waals surface area (Å²) >= 11 is 0. The molecule has 0 aromatic carbocycles. The third-order valence-corrected chi connectivity index (χ3v) is 11.0. The maximum Gasteiger partial charge on any atom is 0.306 e. The smallest absolute Gasteiger partial charge is 0.306 e. The molecule has 0 aromatic rings. The molecule has 1 unspecified atom stereocenters. The van der Waals surface area contributed by atoms with Crippen molar-refractivity contribution in [2.45, 2.75) is 270 Å². The van der Waals surface area contributed by atoms with Crippen molar-refractivity contribution in [3.8, 4) is 0 Å². The molecular formula is C50H94O5. The second-order valence-corrected chi connectivity index (χ2v) is 16.5. The van der Waals surface area contributed by atoms with Gasteiger partial charge in [0, 0.05) is 12.8 Å². The lowest BCUT2D eigenvalue weighted by Gasteiger charge is -2.15. The molecule has 0 aliphatic rings. The molecule has 0 radical (unpaired) electrons. The van der Waals surface area contributed by atoms with Crippen molar-refractivity contribution < 1.29 is 24.2 Å². The van der Waals surface area contributed by atoms with Crippen molar-refractivity contribution in [2.75, 3.05) is 13.2 Å². The van der Waals surface area contributed by atoms with Gasteiger partial charge in [0.2, 0.25) is 0 Å². The quantitative estimate of drug-likeness (QED) is 0.0379. The van der Waals surface area contributed by atoms with Crippen molar-refractivity contribution in [3.05, 3.63) is 24.3 Å². The van der Waals surface area contributed by atoms with Crippen LogP contribution in [-0.2, 0) is 19.1 Å². The summed E-state index contributed by atoms with van der Waals surface area (Å²) in [6.45, 7) is 4.16. The molecular weight excluding hydrogens is 681 g/mol. The van der Waals surface area contributed by atoms with E-state index in [1.165, 1.54) is 199 Å². The minimum absolute atomic E-state index is 0.0599. The molecule has 0 fully saturated rings. The number of esters is 2. The van der Waals surface area contributed by atoms with Gasteiger partial charge in [-0.3, -0.25) is 9.59 Å². The maximum absolute atomic E-state index is 12.2. The largest absolute Gasteiger partial charge is 0.462 e. The Morgan fingerprint density at radius 2 is 0.727 bits per heavy atom. The summed E-state index contributed by atoms with van der Waals surface area (Å²) in [6.07, 6.45) is 57.0. The van der Waals surface area contributed by atoms with Gasteiger partial charge in [0.1, 0.15) is 6.61 Å². The predicted molar refractivity (Wildman–Crippen MR) is 238 cm³/mol. The zero-order valence-electron chi connectivity index (χ0n) is 37.0. The average Bonchev–Trinajstić information content (AvgIpc) is 3.19. The van der Waals surface area contributed by atoms with Crippen LogP contribution in [0.2, 0.25) is 0 Å². The van der Waals surface area contributed by atoms with Crippen LogP contribution in [0.5, 0.6) is 0 Å². The molecule has 0 saturated heterocycles. The summed E-state index contributed by atoms with van der Waals surface area (Å²) in [5.74, 6) is -0.576. The van der Waals surface area contributed by atoms with Crippen molar-refractivity contribution in [2.24, 2.45) is 0 Å². The van der Waals surface area contributed by atoms with E-state index in [-0.39, 0.29) is 25.2 Å². The van der Waals surface area contributed by atoms with Crippen molar-refractivity contribution >= 4 is 11.9 Å². The third kappa shape index (κ3) is 45.0. The van der Waals surface area contributed by atoms with Crippen LogP contribution in [0, 0.1) is 0 Å². The van der Waals surface area contributed by atoms with Gasteiger partial charge in [0.25, 0.3) is 0 Å². The SMILES string of the molecule is CCCCCCC/C=C\C/C=C\CCCCCCCCCCCCCCCCCC(=O)OC(CO)COC(=O)CCCCCCCCCCCCCCCC. The van der Waals surface area contributed by atoms with Crippen molar-refractivity contribution in [3.63, 3.8) is 0 Å². The average molecular weight is 775 g/mol. The molecule has 5 heteroatoms. The van der Waals surface area contributed by atoms with Crippen LogP contribution >= 0.6 is 0 Å². The monoisotopic (exact) mass is 775 g/mol. The zero-order valence-corrected chi connectivity index (χ0v) is 37.0. The summed E-state index contributed by atoms with van der Waals surface area (Å²) in [5.41, 5.74) is 0. The number of hydrogen-bond donors (Lipinski definition) is 1. The lowest BCUT2D eigenvalue weighted by Crippen LogP contribution is -2.28. The molecule has 0 bridgehead atoms.